The maximum Gasteiger partial charge on any atom is 0.275 e. The second kappa shape index (κ2) is 4.46. The van der Waals surface area contributed by atoms with Crippen LogP contribution >= 0.6 is 11.6 Å². The van der Waals surface area contributed by atoms with Gasteiger partial charge in [0.05, 0.1) is 5.52 Å². The second-order valence-electron chi connectivity index (χ2n) is 6.76. The first-order valence-corrected chi connectivity index (χ1v) is 8.25. The van der Waals surface area contributed by atoms with Crippen molar-refractivity contribution in [3.05, 3.63) is 28.9 Å². The van der Waals surface area contributed by atoms with Crippen molar-refractivity contribution in [1.82, 2.24) is 20.0 Å². The molecule has 4 atom stereocenters. The van der Waals surface area contributed by atoms with Crippen LogP contribution < -0.4 is 0 Å². The van der Waals surface area contributed by atoms with Gasteiger partial charge in [-0.15, -0.1) is 0 Å². The van der Waals surface area contributed by atoms with Gasteiger partial charge in [0, 0.05) is 36.1 Å². The second-order valence-corrected chi connectivity index (χ2v) is 7.20. The van der Waals surface area contributed by atoms with Crippen molar-refractivity contribution >= 4 is 28.4 Å². The van der Waals surface area contributed by atoms with Gasteiger partial charge in [0.1, 0.15) is 0 Å². The van der Waals surface area contributed by atoms with E-state index in [1.54, 1.807) is 0 Å². The summed E-state index contributed by atoms with van der Waals surface area (Å²) in [5, 5.41) is 8.67. The topological polar surface area (TPSA) is 52.2 Å². The third-order valence-corrected chi connectivity index (χ3v) is 5.87. The van der Waals surface area contributed by atoms with E-state index in [2.05, 4.69) is 20.0 Å². The van der Waals surface area contributed by atoms with Gasteiger partial charge < -0.3 is 9.80 Å². The summed E-state index contributed by atoms with van der Waals surface area (Å²) in [6, 6.07) is 5.87. The number of halogens is 1. The molecule has 6 heteroatoms. The fourth-order valence-corrected chi connectivity index (χ4v) is 4.80. The van der Waals surface area contributed by atoms with Gasteiger partial charge in [-0.3, -0.25) is 9.89 Å². The van der Waals surface area contributed by atoms with E-state index < -0.39 is 0 Å². The fraction of sp³-hybridized carbons (Fsp3) is 0.500. The normalized spacial score (nSPS) is 32.9. The number of aromatic amines is 1. The Kier molecular flexibility index (Phi) is 2.62. The average molecular weight is 317 g/mol. The van der Waals surface area contributed by atoms with Crippen LogP contribution in [0.15, 0.2) is 18.2 Å². The van der Waals surface area contributed by atoms with Gasteiger partial charge in [-0.25, -0.2) is 0 Å². The molecule has 5 nitrogen and oxygen atoms in total. The summed E-state index contributed by atoms with van der Waals surface area (Å²) in [6.07, 6.45) is 1.23. The molecule has 4 aliphatic heterocycles. The summed E-state index contributed by atoms with van der Waals surface area (Å²) < 4.78 is 0. The molecule has 1 amide bonds. The van der Waals surface area contributed by atoms with Crippen molar-refractivity contribution in [2.24, 2.45) is 11.8 Å². The van der Waals surface area contributed by atoms with Gasteiger partial charge in [0.15, 0.2) is 5.69 Å². The Labute approximate surface area is 133 Å². The maximum absolute atomic E-state index is 13.0. The summed E-state index contributed by atoms with van der Waals surface area (Å²) in [7, 11) is 0. The summed E-state index contributed by atoms with van der Waals surface area (Å²) in [5.74, 6) is 1.38. The largest absolute Gasteiger partial charge is 0.332 e. The zero-order chi connectivity index (χ0) is 14.8. The third-order valence-electron chi connectivity index (χ3n) is 5.64. The first-order chi connectivity index (χ1) is 10.7. The smallest absolute Gasteiger partial charge is 0.275 e. The van der Waals surface area contributed by atoms with E-state index in [9.17, 15) is 4.79 Å². The molecule has 2 aromatic rings. The lowest BCUT2D eigenvalue weighted by Gasteiger charge is -2.44. The zero-order valence-electron chi connectivity index (χ0n) is 12.1. The molecule has 4 aliphatic rings. The number of hydrogen-bond donors (Lipinski definition) is 1. The molecule has 0 aliphatic carbocycles. The molecule has 0 spiro atoms. The molecule has 1 aromatic heterocycles. The lowest BCUT2D eigenvalue weighted by Crippen LogP contribution is -2.54. The van der Waals surface area contributed by atoms with Crippen LogP contribution in [0.25, 0.3) is 10.9 Å². The molecule has 4 fully saturated rings. The van der Waals surface area contributed by atoms with E-state index in [-0.39, 0.29) is 5.91 Å². The number of fused-ring (bicyclic) bond motifs is 2. The molecule has 4 bridgehead atoms. The van der Waals surface area contributed by atoms with Crippen LogP contribution in [0.2, 0.25) is 5.02 Å². The molecule has 114 valence electrons. The number of benzene rings is 1. The predicted octanol–water partition coefficient (Wildman–Crippen LogP) is 1.99. The highest BCUT2D eigenvalue weighted by Gasteiger charge is 2.51. The Hall–Kier alpha value is -1.59. The Balaban J connectivity index is 1.53. The highest BCUT2D eigenvalue weighted by Crippen LogP contribution is 2.42. The van der Waals surface area contributed by atoms with Crippen LogP contribution in [0, 0.1) is 11.8 Å². The number of amides is 1. The van der Waals surface area contributed by atoms with Crippen molar-refractivity contribution in [3.8, 4) is 0 Å². The summed E-state index contributed by atoms with van der Waals surface area (Å²) in [4.78, 5) is 17.6. The Morgan fingerprint density at radius 3 is 3.05 bits per heavy atom. The average Bonchev–Trinajstić information content (AvgIpc) is 3.06. The van der Waals surface area contributed by atoms with E-state index in [4.69, 9.17) is 11.6 Å². The minimum atomic E-state index is 0.0507. The van der Waals surface area contributed by atoms with Gasteiger partial charge in [0.2, 0.25) is 0 Å². The van der Waals surface area contributed by atoms with Crippen molar-refractivity contribution in [2.75, 3.05) is 26.2 Å². The Bertz CT molecular complexity index is 773. The highest BCUT2D eigenvalue weighted by molar-refractivity contribution is 6.31. The van der Waals surface area contributed by atoms with Crippen molar-refractivity contribution in [2.45, 2.75) is 12.5 Å². The van der Waals surface area contributed by atoms with Gasteiger partial charge >= 0.3 is 0 Å². The number of carbonyl (C=O) groups is 1. The Morgan fingerprint density at radius 2 is 2.23 bits per heavy atom. The molecular formula is C16H17ClN4O. The number of carbonyl (C=O) groups excluding carboxylic acids is 1. The van der Waals surface area contributed by atoms with Crippen LogP contribution in [-0.4, -0.2) is 58.1 Å². The monoisotopic (exact) mass is 316 g/mol. The van der Waals surface area contributed by atoms with Gasteiger partial charge in [-0.2, -0.15) is 5.10 Å². The van der Waals surface area contributed by atoms with E-state index >= 15 is 0 Å². The molecule has 1 aromatic carbocycles. The third kappa shape index (κ3) is 1.69. The van der Waals surface area contributed by atoms with Gasteiger partial charge in [-0.1, -0.05) is 11.6 Å². The lowest BCUT2D eigenvalue weighted by molar-refractivity contribution is 0.0420. The van der Waals surface area contributed by atoms with E-state index in [0.29, 0.717) is 28.6 Å². The van der Waals surface area contributed by atoms with Crippen molar-refractivity contribution in [1.29, 1.82) is 0 Å². The molecule has 1 unspecified atom stereocenters. The van der Waals surface area contributed by atoms with Crippen LogP contribution in [0.3, 0.4) is 0 Å². The summed E-state index contributed by atoms with van der Waals surface area (Å²) >= 11 is 6.08. The van der Waals surface area contributed by atoms with Gasteiger partial charge in [-0.05, 0) is 43.0 Å². The van der Waals surface area contributed by atoms with Crippen LogP contribution in [-0.2, 0) is 0 Å². The maximum atomic E-state index is 13.0. The first kappa shape index (κ1) is 12.9. The molecule has 0 radical (unpaired) electrons. The number of nitrogens with zero attached hydrogens (tertiary/aromatic N) is 3. The van der Waals surface area contributed by atoms with E-state index in [1.165, 1.54) is 13.0 Å². The number of H-pyrrole nitrogens is 1. The number of likely N-dealkylation sites (tertiary alicyclic amines) is 1. The standard InChI is InChI=1S/C16H17ClN4O/c17-10-1-2-13-12(5-10)15(19-18-13)16(22)21-7-9-6-20-4-3-11(9)14(21)8-20/h1-2,5,9,11,14H,3-4,6-8H2,(H,18,19)/t9-,11-,14-/m0/s1. The molecule has 1 N–H and O–H groups in total. The summed E-state index contributed by atoms with van der Waals surface area (Å²) in [5.41, 5.74) is 1.37. The molecule has 5 heterocycles. The van der Waals surface area contributed by atoms with E-state index in [0.717, 1.165) is 30.5 Å². The quantitative estimate of drug-likeness (QED) is 0.875. The van der Waals surface area contributed by atoms with Crippen LogP contribution in [0.4, 0.5) is 0 Å². The number of aromatic nitrogens is 2. The number of hydrogen-bond acceptors (Lipinski definition) is 3. The zero-order valence-corrected chi connectivity index (χ0v) is 12.9. The molecular weight excluding hydrogens is 300 g/mol. The first-order valence-electron chi connectivity index (χ1n) is 7.87. The SMILES string of the molecule is O=C(c1n[nH]c2ccc(Cl)cc12)N1C[C@@H]2CN3CC[C@@H]2[C@@H]1C3. The van der Waals surface area contributed by atoms with Gasteiger partial charge in [0.25, 0.3) is 5.91 Å². The molecule has 0 saturated carbocycles. The number of rotatable bonds is 1. The van der Waals surface area contributed by atoms with Crippen molar-refractivity contribution < 1.29 is 4.79 Å². The molecule has 4 saturated heterocycles. The van der Waals surface area contributed by atoms with Crippen LogP contribution in [0.5, 0.6) is 0 Å². The predicted molar refractivity (Wildman–Crippen MR) is 84.0 cm³/mol. The lowest BCUT2D eigenvalue weighted by atomic mass is 9.80. The highest BCUT2D eigenvalue weighted by atomic mass is 35.5. The fourth-order valence-electron chi connectivity index (χ4n) is 4.63. The van der Waals surface area contributed by atoms with E-state index in [1.807, 2.05) is 18.2 Å². The Morgan fingerprint density at radius 1 is 1.32 bits per heavy atom. The molecule has 22 heavy (non-hydrogen) atoms. The van der Waals surface area contributed by atoms with Crippen LogP contribution in [0.1, 0.15) is 16.9 Å². The number of nitrogens with one attached hydrogen (secondary N) is 1. The minimum absolute atomic E-state index is 0.0507. The number of piperidine rings is 3. The van der Waals surface area contributed by atoms with Crippen molar-refractivity contribution in [3.63, 3.8) is 0 Å². The minimum Gasteiger partial charge on any atom is -0.332 e. The molecule has 6 rings (SSSR count). The summed E-state index contributed by atoms with van der Waals surface area (Å²) in [6.45, 7) is 4.24.